The van der Waals surface area contributed by atoms with Crippen molar-refractivity contribution in [2.45, 2.75) is 44.1 Å². The quantitative estimate of drug-likeness (QED) is 0.684. The molecule has 0 spiro atoms. The fourth-order valence-corrected chi connectivity index (χ4v) is 3.00. The smallest absolute Gasteiger partial charge is 0.253 e. The molecule has 0 atom stereocenters. The van der Waals surface area contributed by atoms with Gasteiger partial charge in [-0.25, -0.2) is 0 Å². The van der Waals surface area contributed by atoms with Crippen LogP contribution < -0.4 is 5.32 Å². The molecule has 120 valence electrons. The average molecular weight is 312 g/mol. The highest BCUT2D eigenvalue weighted by atomic mass is 16.3. The molecule has 2 aliphatic rings. The van der Waals surface area contributed by atoms with Gasteiger partial charge in [-0.2, -0.15) is 0 Å². The molecular formula is C18H20N2O3. The van der Waals surface area contributed by atoms with Crippen molar-refractivity contribution < 1.29 is 15.0 Å². The van der Waals surface area contributed by atoms with E-state index in [9.17, 15) is 15.0 Å². The molecule has 4 rings (SSSR count). The molecular weight excluding hydrogens is 292 g/mol. The first-order valence-corrected chi connectivity index (χ1v) is 8.14. The van der Waals surface area contributed by atoms with Gasteiger partial charge in [-0.15, -0.1) is 0 Å². The summed E-state index contributed by atoms with van der Waals surface area (Å²) in [6.07, 6.45) is 4.64. The topological polar surface area (TPSA) is 85.3 Å². The van der Waals surface area contributed by atoms with Crippen molar-refractivity contribution >= 4 is 5.91 Å². The van der Waals surface area contributed by atoms with Gasteiger partial charge in [0.2, 0.25) is 0 Å². The van der Waals surface area contributed by atoms with Crippen LogP contribution in [0.25, 0.3) is 0 Å². The van der Waals surface area contributed by atoms with Crippen LogP contribution in [0, 0.1) is 0 Å². The number of hydrogen-bond acceptors (Lipinski definition) is 3. The number of aromatic nitrogens is 1. The van der Waals surface area contributed by atoms with Gasteiger partial charge < -0.3 is 20.5 Å². The number of aromatic amines is 1. The van der Waals surface area contributed by atoms with Crippen LogP contribution in [-0.2, 0) is 6.54 Å². The molecule has 2 aromatic rings. The predicted molar refractivity (Wildman–Crippen MR) is 85.7 cm³/mol. The molecule has 0 aliphatic heterocycles. The fraction of sp³-hybridized carbons (Fsp3) is 0.389. The van der Waals surface area contributed by atoms with Crippen molar-refractivity contribution in [3.05, 3.63) is 46.8 Å². The van der Waals surface area contributed by atoms with Crippen molar-refractivity contribution in [2.24, 2.45) is 0 Å². The summed E-state index contributed by atoms with van der Waals surface area (Å²) in [5, 5.41) is 22.4. The molecule has 5 nitrogen and oxygen atoms in total. The Kier molecular flexibility index (Phi) is 3.29. The number of phenolic OH excluding ortho intramolecular Hbond substituents is 2. The number of rotatable bonds is 5. The summed E-state index contributed by atoms with van der Waals surface area (Å²) in [5.41, 5.74) is 3.27. The molecule has 1 aromatic heterocycles. The Hall–Kier alpha value is -2.43. The highest BCUT2D eigenvalue weighted by Crippen LogP contribution is 2.45. The number of amides is 1. The minimum absolute atomic E-state index is 0.0135. The number of hydrogen-bond donors (Lipinski definition) is 4. The van der Waals surface area contributed by atoms with Crippen LogP contribution in [-0.4, -0.2) is 21.1 Å². The second kappa shape index (κ2) is 5.33. The lowest BCUT2D eigenvalue weighted by Gasteiger charge is -2.09. The third kappa shape index (κ3) is 2.79. The number of nitrogens with one attached hydrogen (secondary N) is 2. The third-order valence-electron chi connectivity index (χ3n) is 4.67. The Morgan fingerprint density at radius 1 is 1.13 bits per heavy atom. The zero-order chi connectivity index (χ0) is 16.0. The lowest BCUT2D eigenvalue weighted by atomic mass is 10.1. The number of benzene rings is 1. The summed E-state index contributed by atoms with van der Waals surface area (Å²) >= 11 is 0. The standard InChI is InChI=1S/C18H20N2O3/c21-15-2-1-3-16(22)13(15)9-19-18(23)12-8-14(10-4-5-10)20-17(12)11-6-7-11/h1-3,8,10-11,20-22H,4-7,9H2,(H,19,23). The van der Waals surface area contributed by atoms with E-state index in [1.165, 1.54) is 30.7 Å². The summed E-state index contributed by atoms with van der Waals surface area (Å²) in [4.78, 5) is 16.0. The molecule has 23 heavy (non-hydrogen) atoms. The van der Waals surface area contributed by atoms with Gasteiger partial charge >= 0.3 is 0 Å². The first-order valence-electron chi connectivity index (χ1n) is 8.14. The molecule has 0 bridgehead atoms. The summed E-state index contributed by atoms with van der Waals surface area (Å²) < 4.78 is 0. The summed E-state index contributed by atoms with van der Waals surface area (Å²) in [5.74, 6) is 0.872. The molecule has 1 amide bonds. The van der Waals surface area contributed by atoms with Gasteiger partial charge in [0.05, 0.1) is 17.7 Å². The largest absolute Gasteiger partial charge is 0.507 e. The highest BCUT2D eigenvalue weighted by Gasteiger charge is 2.33. The molecule has 4 N–H and O–H groups in total. The zero-order valence-electron chi connectivity index (χ0n) is 12.8. The zero-order valence-corrected chi connectivity index (χ0v) is 12.8. The molecule has 2 aliphatic carbocycles. The SMILES string of the molecule is O=C(NCc1c(O)cccc1O)c1cc(C2CC2)[nH]c1C1CC1. The lowest BCUT2D eigenvalue weighted by molar-refractivity contribution is 0.0949. The van der Waals surface area contributed by atoms with E-state index in [4.69, 9.17) is 0 Å². The van der Waals surface area contributed by atoms with Crippen LogP contribution in [0.1, 0.15) is 64.8 Å². The molecule has 2 saturated carbocycles. The number of phenols is 2. The molecule has 0 unspecified atom stereocenters. The van der Waals surface area contributed by atoms with Crippen LogP contribution >= 0.6 is 0 Å². The third-order valence-corrected chi connectivity index (χ3v) is 4.67. The summed E-state index contributed by atoms with van der Waals surface area (Å²) in [6.45, 7) is 0.103. The molecule has 5 heteroatoms. The molecule has 1 heterocycles. The van der Waals surface area contributed by atoms with E-state index >= 15 is 0 Å². The van der Waals surface area contributed by atoms with Crippen LogP contribution in [0.3, 0.4) is 0 Å². The van der Waals surface area contributed by atoms with Crippen molar-refractivity contribution in [1.29, 1.82) is 0 Å². The van der Waals surface area contributed by atoms with Crippen molar-refractivity contribution in [1.82, 2.24) is 10.3 Å². The minimum atomic E-state index is -0.155. The Bertz CT molecular complexity index is 737. The molecule has 0 radical (unpaired) electrons. The Balaban J connectivity index is 1.53. The Labute approximate surface area is 134 Å². The maximum atomic E-state index is 12.6. The van der Waals surface area contributed by atoms with Gasteiger partial charge in [0.1, 0.15) is 11.5 Å². The Morgan fingerprint density at radius 3 is 2.39 bits per heavy atom. The van der Waals surface area contributed by atoms with Crippen molar-refractivity contribution in [2.75, 3.05) is 0 Å². The van der Waals surface area contributed by atoms with Gasteiger partial charge in [-0.1, -0.05) is 6.07 Å². The monoisotopic (exact) mass is 312 g/mol. The van der Waals surface area contributed by atoms with Gasteiger partial charge in [0.15, 0.2) is 0 Å². The van der Waals surface area contributed by atoms with Crippen molar-refractivity contribution in [3.8, 4) is 11.5 Å². The van der Waals surface area contributed by atoms with E-state index in [-0.39, 0.29) is 24.0 Å². The van der Waals surface area contributed by atoms with Crippen LogP contribution in [0.15, 0.2) is 24.3 Å². The summed E-state index contributed by atoms with van der Waals surface area (Å²) in [7, 11) is 0. The Morgan fingerprint density at radius 2 is 1.78 bits per heavy atom. The lowest BCUT2D eigenvalue weighted by Crippen LogP contribution is -2.23. The second-order valence-corrected chi connectivity index (χ2v) is 6.56. The normalized spacial score (nSPS) is 17.2. The van der Waals surface area contributed by atoms with Crippen molar-refractivity contribution in [3.63, 3.8) is 0 Å². The van der Waals surface area contributed by atoms with Gasteiger partial charge in [0.25, 0.3) is 5.91 Å². The average Bonchev–Trinajstić information content (AvgIpc) is 3.45. The van der Waals surface area contributed by atoms with Crippen LogP contribution in [0.5, 0.6) is 11.5 Å². The van der Waals surface area contributed by atoms with E-state index in [1.54, 1.807) is 6.07 Å². The first-order chi connectivity index (χ1) is 11.1. The summed E-state index contributed by atoms with van der Waals surface area (Å²) in [6, 6.07) is 6.54. The van der Waals surface area contributed by atoms with Gasteiger partial charge in [-0.05, 0) is 55.7 Å². The van der Waals surface area contributed by atoms with E-state index in [0.29, 0.717) is 23.0 Å². The number of aromatic hydroxyl groups is 2. The van der Waals surface area contributed by atoms with Gasteiger partial charge in [-0.3, -0.25) is 4.79 Å². The van der Waals surface area contributed by atoms with Gasteiger partial charge in [0, 0.05) is 11.4 Å². The number of carbonyl (C=O) groups is 1. The van der Waals surface area contributed by atoms with E-state index in [2.05, 4.69) is 10.3 Å². The molecule has 0 saturated heterocycles. The predicted octanol–water partition coefficient (Wildman–Crippen LogP) is 3.11. The van der Waals surface area contributed by atoms with Crippen LogP contribution in [0.4, 0.5) is 0 Å². The number of carbonyl (C=O) groups excluding carboxylic acids is 1. The van der Waals surface area contributed by atoms with E-state index in [1.807, 2.05) is 6.07 Å². The minimum Gasteiger partial charge on any atom is -0.507 e. The fourth-order valence-electron chi connectivity index (χ4n) is 3.00. The van der Waals surface area contributed by atoms with E-state index in [0.717, 1.165) is 18.5 Å². The molecule has 1 aromatic carbocycles. The maximum absolute atomic E-state index is 12.6. The molecule has 2 fully saturated rings. The van der Waals surface area contributed by atoms with E-state index < -0.39 is 0 Å². The highest BCUT2D eigenvalue weighted by molar-refractivity contribution is 5.96. The maximum Gasteiger partial charge on any atom is 0.253 e. The van der Waals surface area contributed by atoms with Crippen LogP contribution in [0.2, 0.25) is 0 Å². The first kappa shape index (κ1) is 14.2. The second-order valence-electron chi connectivity index (χ2n) is 6.56. The number of H-pyrrole nitrogens is 1.